The van der Waals surface area contributed by atoms with Crippen molar-refractivity contribution in [3.8, 4) is 23.0 Å². The first-order valence-corrected chi connectivity index (χ1v) is 9.03. The van der Waals surface area contributed by atoms with Crippen LogP contribution < -0.4 is 19.2 Å². The molecule has 7 nitrogen and oxygen atoms in total. The van der Waals surface area contributed by atoms with Crippen molar-refractivity contribution in [2.24, 2.45) is 0 Å². The maximum atomic E-state index is 12.7. The van der Waals surface area contributed by atoms with E-state index in [0.29, 0.717) is 11.5 Å². The molecule has 2 aromatic rings. The van der Waals surface area contributed by atoms with E-state index in [9.17, 15) is 4.57 Å². The number of para-hydroxylation sites is 4. The number of rotatable bonds is 10. The average molecular weight is 366 g/mol. The van der Waals surface area contributed by atoms with Gasteiger partial charge in [0.15, 0.2) is 11.5 Å². The van der Waals surface area contributed by atoms with E-state index in [-0.39, 0.29) is 17.7 Å². The Bertz CT molecular complexity index is 692. The molecule has 0 N–H and O–H groups in total. The quantitative estimate of drug-likeness (QED) is 0.267. The Morgan fingerprint density at radius 1 is 0.840 bits per heavy atom. The van der Waals surface area contributed by atoms with Gasteiger partial charge in [-0.15, -0.1) is 6.58 Å². The van der Waals surface area contributed by atoms with E-state index in [1.165, 1.54) is 20.3 Å². The summed E-state index contributed by atoms with van der Waals surface area (Å²) in [5, 5.41) is 0. The van der Waals surface area contributed by atoms with E-state index in [1.807, 2.05) is 0 Å². The van der Waals surface area contributed by atoms with Gasteiger partial charge in [-0.3, -0.25) is 4.57 Å². The van der Waals surface area contributed by atoms with Crippen LogP contribution in [0.3, 0.4) is 0 Å². The largest absolute Gasteiger partial charge is 0.493 e. The zero-order chi connectivity index (χ0) is 18.1. The molecule has 0 aliphatic rings. The maximum absolute atomic E-state index is 12.7. The number of allylic oxidation sites excluding steroid dienone is 1. The topological polar surface area (TPSA) is 72.5 Å². The Morgan fingerprint density at radius 3 is 1.60 bits per heavy atom. The zero-order valence-electron chi connectivity index (χ0n) is 13.9. The molecule has 134 valence electrons. The van der Waals surface area contributed by atoms with Gasteiger partial charge in [-0.25, -0.2) is 0 Å². The van der Waals surface area contributed by atoms with E-state index < -0.39 is 7.60 Å². The number of benzene rings is 2. The van der Waals surface area contributed by atoms with E-state index in [4.69, 9.17) is 28.6 Å². The van der Waals surface area contributed by atoms with Crippen molar-refractivity contribution in [3.05, 3.63) is 61.2 Å². The monoisotopic (exact) mass is 366 g/mol. The lowest BCUT2D eigenvalue weighted by Crippen LogP contribution is -2.06. The van der Waals surface area contributed by atoms with Crippen molar-refractivity contribution in [2.75, 3.05) is 20.4 Å². The Kier molecular flexibility index (Phi) is 6.89. The molecule has 0 aliphatic carbocycles. The summed E-state index contributed by atoms with van der Waals surface area (Å²) in [6, 6.07) is 13.5. The van der Waals surface area contributed by atoms with E-state index >= 15 is 0 Å². The molecule has 2 rings (SSSR count). The molecule has 0 radical (unpaired) electrons. The minimum absolute atomic E-state index is 0.128. The van der Waals surface area contributed by atoms with Crippen LogP contribution in [0, 0.1) is 0 Å². The molecule has 0 heterocycles. The van der Waals surface area contributed by atoms with E-state index in [2.05, 4.69) is 6.58 Å². The van der Waals surface area contributed by atoms with Crippen LogP contribution >= 0.6 is 7.60 Å². The standard InChI is InChI=1S/C17H19O7P/c1-4-13-25(18,23-21-16-11-7-5-9-14(16)19-2)24-22-17-12-8-6-10-15(17)20-3/h4-12H,1,13H2,2-3H3. The number of methoxy groups -OCH3 is 2. The van der Waals surface area contributed by atoms with Gasteiger partial charge in [0.1, 0.15) is 0 Å². The highest BCUT2D eigenvalue weighted by Crippen LogP contribution is 2.49. The van der Waals surface area contributed by atoms with E-state index in [1.54, 1.807) is 48.5 Å². The number of ether oxygens (including phenoxy) is 2. The summed E-state index contributed by atoms with van der Waals surface area (Å²) in [5.41, 5.74) is 0. The van der Waals surface area contributed by atoms with Gasteiger partial charge >= 0.3 is 7.60 Å². The molecule has 0 aromatic heterocycles. The van der Waals surface area contributed by atoms with Gasteiger partial charge in [0.25, 0.3) is 0 Å². The first-order chi connectivity index (χ1) is 12.1. The lowest BCUT2D eigenvalue weighted by Gasteiger charge is -2.16. The molecular formula is C17H19O7P. The molecule has 0 saturated heterocycles. The molecular weight excluding hydrogens is 347 g/mol. The van der Waals surface area contributed by atoms with Gasteiger partial charge in [0.2, 0.25) is 11.5 Å². The van der Waals surface area contributed by atoms with Crippen LogP contribution in [0.5, 0.6) is 23.0 Å². The second-order valence-corrected chi connectivity index (χ2v) is 6.58. The van der Waals surface area contributed by atoms with E-state index in [0.717, 1.165) is 0 Å². The van der Waals surface area contributed by atoms with Crippen molar-refractivity contribution in [3.63, 3.8) is 0 Å². The molecule has 0 bridgehead atoms. The maximum Gasteiger partial charge on any atom is 0.409 e. The smallest absolute Gasteiger partial charge is 0.409 e. The SMILES string of the molecule is C=CCP(=O)(OOc1ccccc1OC)OOc1ccccc1OC. The first kappa shape index (κ1) is 18.9. The minimum atomic E-state index is -3.78. The highest BCUT2D eigenvalue weighted by Gasteiger charge is 2.29. The lowest BCUT2D eigenvalue weighted by molar-refractivity contribution is -0.171. The Morgan fingerprint density at radius 2 is 1.24 bits per heavy atom. The third-order valence-electron chi connectivity index (χ3n) is 2.97. The van der Waals surface area contributed by atoms with Crippen LogP contribution in [0.1, 0.15) is 0 Å². The molecule has 0 unspecified atom stereocenters. The minimum Gasteiger partial charge on any atom is -0.493 e. The van der Waals surface area contributed by atoms with Crippen LogP contribution in [-0.2, 0) is 13.9 Å². The molecule has 25 heavy (non-hydrogen) atoms. The summed E-state index contributed by atoms with van der Waals surface area (Å²) < 4.78 is 33.0. The molecule has 8 heteroatoms. The summed E-state index contributed by atoms with van der Waals surface area (Å²) in [7, 11) is -0.827. The van der Waals surface area contributed by atoms with Gasteiger partial charge in [0, 0.05) is 0 Å². The summed E-state index contributed by atoms with van der Waals surface area (Å²) >= 11 is 0. The molecule has 0 spiro atoms. The Hall–Kier alpha value is -2.47. The Labute approximate surface area is 146 Å². The molecule has 2 aromatic carbocycles. The predicted octanol–water partition coefficient (Wildman–Crippen LogP) is 4.40. The summed E-state index contributed by atoms with van der Waals surface area (Å²) in [6.07, 6.45) is 1.25. The normalized spacial score (nSPS) is 10.8. The predicted molar refractivity (Wildman–Crippen MR) is 92.1 cm³/mol. The fourth-order valence-corrected chi connectivity index (χ4v) is 2.65. The molecule has 0 saturated carbocycles. The summed E-state index contributed by atoms with van der Waals surface area (Å²) in [6.45, 7) is 3.53. The van der Waals surface area contributed by atoms with Gasteiger partial charge in [-0.1, -0.05) is 39.7 Å². The van der Waals surface area contributed by atoms with Gasteiger partial charge in [-0.05, 0) is 24.3 Å². The highest BCUT2D eigenvalue weighted by atomic mass is 31.2. The van der Waals surface area contributed by atoms with Crippen molar-refractivity contribution in [1.82, 2.24) is 0 Å². The summed E-state index contributed by atoms with van der Waals surface area (Å²) in [5.74, 6) is 1.32. The Balaban J connectivity index is 2.07. The fraction of sp³-hybridized carbons (Fsp3) is 0.176. The van der Waals surface area contributed by atoms with Gasteiger partial charge in [-0.2, -0.15) is 0 Å². The lowest BCUT2D eigenvalue weighted by atomic mass is 10.3. The average Bonchev–Trinajstić information content (AvgIpc) is 2.65. The molecule has 0 atom stereocenters. The fourth-order valence-electron chi connectivity index (χ4n) is 1.80. The number of hydrogen-bond acceptors (Lipinski definition) is 7. The van der Waals surface area contributed by atoms with Crippen LogP contribution in [0.25, 0.3) is 0 Å². The van der Waals surface area contributed by atoms with Crippen LogP contribution in [-0.4, -0.2) is 20.4 Å². The third kappa shape index (κ3) is 5.26. The summed E-state index contributed by atoms with van der Waals surface area (Å²) in [4.78, 5) is 10.2. The molecule has 0 aliphatic heterocycles. The van der Waals surface area contributed by atoms with Crippen molar-refractivity contribution < 1.29 is 33.2 Å². The zero-order valence-corrected chi connectivity index (χ0v) is 14.8. The van der Waals surface area contributed by atoms with Crippen molar-refractivity contribution in [1.29, 1.82) is 0 Å². The highest BCUT2D eigenvalue weighted by molar-refractivity contribution is 7.53. The third-order valence-corrected chi connectivity index (χ3v) is 4.28. The van der Waals surface area contributed by atoms with Crippen LogP contribution in [0.2, 0.25) is 0 Å². The first-order valence-electron chi connectivity index (χ1n) is 7.30. The number of hydrogen-bond donors (Lipinski definition) is 0. The van der Waals surface area contributed by atoms with Gasteiger partial charge < -0.3 is 19.2 Å². The van der Waals surface area contributed by atoms with Crippen LogP contribution in [0.4, 0.5) is 0 Å². The second-order valence-electron chi connectivity index (χ2n) is 4.70. The van der Waals surface area contributed by atoms with Crippen molar-refractivity contribution in [2.45, 2.75) is 0 Å². The van der Waals surface area contributed by atoms with Crippen LogP contribution in [0.15, 0.2) is 61.2 Å². The van der Waals surface area contributed by atoms with Gasteiger partial charge in [0.05, 0.1) is 20.4 Å². The second kappa shape index (κ2) is 9.13. The molecule has 0 amide bonds. The van der Waals surface area contributed by atoms with Crippen molar-refractivity contribution >= 4 is 7.60 Å². The molecule has 0 fully saturated rings.